The largest absolute Gasteiger partial charge is 0.507 e. The molecule has 0 aliphatic rings. The van der Waals surface area contributed by atoms with E-state index in [-0.39, 0.29) is 5.75 Å². The summed E-state index contributed by atoms with van der Waals surface area (Å²) < 4.78 is 5.37. The number of aromatic hydroxyl groups is 1. The average Bonchev–Trinajstić information content (AvgIpc) is 2.88. The molecule has 2 aromatic carbocycles. The van der Waals surface area contributed by atoms with Gasteiger partial charge in [0.05, 0.1) is 5.56 Å². The van der Waals surface area contributed by atoms with Crippen molar-refractivity contribution in [2.45, 2.75) is 13.8 Å². The summed E-state index contributed by atoms with van der Waals surface area (Å²) in [6.07, 6.45) is 0. The van der Waals surface area contributed by atoms with Crippen molar-refractivity contribution in [2.75, 3.05) is 0 Å². The first kappa shape index (κ1) is 12.5. The van der Waals surface area contributed by atoms with Crippen molar-refractivity contribution in [3.8, 4) is 28.3 Å². The van der Waals surface area contributed by atoms with E-state index in [4.69, 9.17) is 4.52 Å². The minimum absolute atomic E-state index is 0.206. The maximum atomic E-state index is 9.99. The van der Waals surface area contributed by atoms with Crippen LogP contribution in [0.3, 0.4) is 0 Å². The SMILES string of the molecule is Cc1ccc(-c2cc(-c3ccccc3C)no2)c(O)c1. The molecule has 1 heterocycles. The molecule has 0 spiro atoms. The zero-order chi connectivity index (χ0) is 14.1. The number of hydrogen-bond acceptors (Lipinski definition) is 3. The monoisotopic (exact) mass is 265 g/mol. The highest BCUT2D eigenvalue weighted by atomic mass is 16.5. The Morgan fingerprint density at radius 2 is 1.75 bits per heavy atom. The third-order valence-electron chi connectivity index (χ3n) is 3.35. The third-order valence-corrected chi connectivity index (χ3v) is 3.35. The van der Waals surface area contributed by atoms with Crippen molar-refractivity contribution < 1.29 is 9.63 Å². The molecule has 20 heavy (non-hydrogen) atoms. The predicted octanol–water partition coefficient (Wildman–Crippen LogP) is 4.33. The summed E-state index contributed by atoms with van der Waals surface area (Å²) in [5.74, 6) is 0.776. The van der Waals surface area contributed by atoms with Crippen LogP contribution in [0.1, 0.15) is 11.1 Å². The van der Waals surface area contributed by atoms with Gasteiger partial charge in [-0.3, -0.25) is 0 Å². The van der Waals surface area contributed by atoms with Gasteiger partial charge in [0.25, 0.3) is 0 Å². The zero-order valence-corrected chi connectivity index (χ0v) is 11.4. The number of rotatable bonds is 2. The summed E-state index contributed by atoms with van der Waals surface area (Å²) in [7, 11) is 0. The van der Waals surface area contributed by atoms with E-state index >= 15 is 0 Å². The molecule has 3 nitrogen and oxygen atoms in total. The molecule has 3 rings (SSSR count). The van der Waals surface area contributed by atoms with Gasteiger partial charge in [-0.05, 0) is 37.1 Å². The van der Waals surface area contributed by atoms with E-state index in [0.29, 0.717) is 11.3 Å². The molecule has 100 valence electrons. The fraction of sp³-hybridized carbons (Fsp3) is 0.118. The van der Waals surface area contributed by atoms with Crippen molar-refractivity contribution in [1.29, 1.82) is 0 Å². The molecule has 0 aliphatic heterocycles. The molecule has 0 bridgehead atoms. The second kappa shape index (κ2) is 4.85. The first-order chi connectivity index (χ1) is 9.65. The quantitative estimate of drug-likeness (QED) is 0.750. The van der Waals surface area contributed by atoms with Gasteiger partial charge in [0.1, 0.15) is 11.4 Å². The van der Waals surface area contributed by atoms with E-state index in [0.717, 1.165) is 22.4 Å². The van der Waals surface area contributed by atoms with Gasteiger partial charge in [-0.25, -0.2) is 0 Å². The standard InChI is InChI=1S/C17H15NO2/c1-11-7-8-14(16(19)9-11)17-10-15(18-20-17)13-6-4-3-5-12(13)2/h3-10,19H,1-2H3. The molecule has 0 radical (unpaired) electrons. The first-order valence-corrected chi connectivity index (χ1v) is 6.48. The van der Waals surface area contributed by atoms with Crippen LogP contribution in [0.2, 0.25) is 0 Å². The Bertz CT molecular complexity index is 759. The molecule has 0 amide bonds. The third kappa shape index (κ3) is 2.18. The Morgan fingerprint density at radius 3 is 2.50 bits per heavy atom. The van der Waals surface area contributed by atoms with E-state index < -0.39 is 0 Å². The molecule has 3 heteroatoms. The minimum Gasteiger partial charge on any atom is -0.507 e. The number of benzene rings is 2. The smallest absolute Gasteiger partial charge is 0.171 e. The topological polar surface area (TPSA) is 46.3 Å². The van der Waals surface area contributed by atoms with Crippen LogP contribution in [-0.2, 0) is 0 Å². The minimum atomic E-state index is 0.206. The van der Waals surface area contributed by atoms with Gasteiger partial charge in [-0.2, -0.15) is 0 Å². The lowest BCUT2D eigenvalue weighted by Crippen LogP contribution is -1.81. The molecule has 0 fully saturated rings. The molecular weight excluding hydrogens is 250 g/mol. The van der Waals surface area contributed by atoms with E-state index in [1.807, 2.05) is 56.3 Å². The van der Waals surface area contributed by atoms with Crippen LogP contribution in [0.25, 0.3) is 22.6 Å². The maximum absolute atomic E-state index is 9.99. The fourth-order valence-electron chi connectivity index (χ4n) is 2.24. The molecule has 1 N–H and O–H groups in total. The van der Waals surface area contributed by atoms with Gasteiger partial charge in [-0.1, -0.05) is 35.5 Å². The van der Waals surface area contributed by atoms with Crippen molar-refractivity contribution in [1.82, 2.24) is 5.16 Å². The van der Waals surface area contributed by atoms with Crippen molar-refractivity contribution in [3.63, 3.8) is 0 Å². The normalized spacial score (nSPS) is 10.7. The second-order valence-electron chi connectivity index (χ2n) is 4.91. The Hall–Kier alpha value is -2.55. The number of aromatic nitrogens is 1. The molecule has 3 aromatic rings. The second-order valence-corrected chi connectivity index (χ2v) is 4.91. The van der Waals surface area contributed by atoms with Gasteiger partial charge in [-0.15, -0.1) is 0 Å². The van der Waals surface area contributed by atoms with Crippen molar-refractivity contribution in [2.24, 2.45) is 0 Å². The lowest BCUT2D eigenvalue weighted by atomic mass is 10.0. The molecule has 1 aromatic heterocycles. The Kier molecular flexibility index (Phi) is 3.03. The summed E-state index contributed by atoms with van der Waals surface area (Å²) in [5, 5.41) is 14.1. The highest BCUT2D eigenvalue weighted by Gasteiger charge is 2.13. The van der Waals surface area contributed by atoms with Crippen molar-refractivity contribution in [3.05, 3.63) is 59.7 Å². The van der Waals surface area contributed by atoms with Crippen LogP contribution in [-0.4, -0.2) is 10.3 Å². The number of hydrogen-bond donors (Lipinski definition) is 1. The van der Waals surface area contributed by atoms with E-state index in [1.165, 1.54) is 0 Å². The highest BCUT2D eigenvalue weighted by molar-refractivity contribution is 5.72. The van der Waals surface area contributed by atoms with Crippen LogP contribution in [0, 0.1) is 13.8 Å². The van der Waals surface area contributed by atoms with Crippen LogP contribution >= 0.6 is 0 Å². The van der Waals surface area contributed by atoms with E-state index in [2.05, 4.69) is 5.16 Å². The number of phenolic OH excluding ortho intramolecular Hbond substituents is 1. The maximum Gasteiger partial charge on any atom is 0.171 e. The van der Waals surface area contributed by atoms with Gasteiger partial charge in [0.2, 0.25) is 0 Å². The number of phenols is 1. The lowest BCUT2D eigenvalue weighted by Gasteiger charge is -2.01. The number of aryl methyl sites for hydroxylation is 2. The van der Waals surface area contributed by atoms with Gasteiger partial charge in [0, 0.05) is 11.6 Å². The molecule has 0 aliphatic carbocycles. The zero-order valence-electron chi connectivity index (χ0n) is 11.4. The van der Waals surface area contributed by atoms with Gasteiger partial charge in [0.15, 0.2) is 5.76 Å². The van der Waals surface area contributed by atoms with Crippen LogP contribution in [0.15, 0.2) is 53.1 Å². The van der Waals surface area contributed by atoms with Crippen LogP contribution in [0.4, 0.5) is 0 Å². The van der Waals surface area contributed by atoms with Gasteiger partial charge >= 0.3 is 0 Å². The Labute approximate surface area is 117 Å². The van der Waals surface area contributed by atoms with E-state index in [9.17, 15) is 5.11 Å². The highest BCUT2D eigenvalue weighted by Crippen LogP contribution is 2.33. The lowest BCUT2D eigenvalue weighted by molar-refractivity contribution is 0.428. The summed E-state index contributed by atoms with van der Waals surface area (Å²) >= 11 is 0. The Balaban J connectivity index is 2.04. The fourth-order valence-corrected chi connectivity index (χ4v) is 2.24. The molecule has 0 saturated heterocycles. The Morgan fingerprint density at radius 1 is 0.950 bits per heavy atom. The average molecular weight is 265 g/mol. The molecule has 0 saturated carbocycles. The summed E-state index contributed by atoms with van der Waals surface area (Å²) in [6.45, 7) is 3.97. The van der Waals surface area contributed by atoms with Crippen LogP contribution in [0.5, 0.6) is 5.75 Å². The summed E-state index contributed by atoms with van der Waals surface area (Å²) in [5.41, 5.74) is 4.61. The molecule has 0 atom stereocenters. The van der Waals surface area contributed by atoms with Crippen LogP contribution < -0.4 is 0 Å². The predicted molar refractivity (Wildman–Crippen MR) is 78.5 cm³/mol. The van der Waals surface area contributed by atoms with Crippen molar-refractivity contribution >= 4 is 0 Å². The molecule has 0 unspecified atom stereocenters. The van der Waals surface area contributed by atoms with E-state index in [1.54, 1.807) is 6.07 Å². The summed E-state index contributed by atoms with van der Waals surface area (Å²) in [6, 6.07) is 15.3. The first-order valence-electron chi connectivity index (χ1n) is 6.48. The molecular formula is C17H15NO2. The van der Waals surface area contributed by atoms with Gasteiger partial charge < -0.3 is 9.63 Å². The number of nitrogens with zero attached hydrogens (tertiary/aromatic N) is 1. The summed E-state index contributed by atoms with van der Waals surface area (Å²) in [4.78, 5) is 0.